The van der Waals surface area contributed by atoms with E-state index in [0.717, 1.165) is 6.42 Å². The molecule has 0 saturated heterocycles. The van der Waals surface area contributed by atoms with Crippen LogP contribution in [0.2, 0.25) is 0 Å². The molecule has 0 aromatic heterocycles. The fraction of sp³-hybridized carbons (Fsp3) is 0.882. The number of hydrogen-bond donors (Lipinski definition) is 1. The van der Waals surface area contributed by atoms with Gasteiger partial charge >= 0.3 is 12.1 Å². The van der Waals surface area contributed by atoms with Crippen LogP contribution in [-0.2, 0) is 9.36 Å². The molecule has 1 N–H and O–H groups in total. The molecule has 0 rings (SSSR count). The van der Waals surface area contributed by atoms with Crippen molar-refractivity contribution in [2.24, 2.45) is 0 Å². The van der Waals surface area contributed by atoms with Gasteiger partial charge in [-0.15, -0.1) is 0 Å². The molecule has 152 valence electrons. The maximum Gasteiger partial charge on any atom is 0.471 e. The molecule has 0 aliphatic heterocycles. The average Bonchev–Trinajstić information content (AvgIpc) is 2.50. The molecule has 1 atom stereocenters. The van der Waals surface area contributed by atoms with Crippen LogP contribution in [0, 0.1) is 11.3 Å². The van der Waals surface area contributed by atoms with Gasteiger partial charge in [-0.2, -0.15) is 18.4 Å². The van der Waals surface area contributed by atoms with Gasteiger partial charge in [-0.1, -0.05) is 12.8 Å². The molecule has 5 nitrogen and oxygen atoms in total. The minimum Gasteiger partial charge on any atom is -0.348 e. The fourth-order valence-corrected chi connectivity index (χ4v) is 6.68. The van der Waals surface area contributed by atoms with Crippen LogP contribution in [0.1, 0.15) is 59.8 Å². The van der Waals surface area contributed by atoms with Crippen molar-refractivity contribution < 1.29 is 22.5 Å². The number of nitrogens with one attached hydrogen (secondary N) is 1. The van der Waals surface area contributed by atoms with Crippen molar-refractivity contribution in [2.75, 3.05) is 18.9 Å². The summed E-state index contributed by atoms with van der Waals surface area (Å²) in [7, 11) is -2.66. The van der Waals surface area contributed by atoms with Crippen LogP contribution in [0.3, 0.4) is 0 Å². The van der Waals surface area contributed by atoms with Crippen molar-refractivity contribution in [1.29, 1.82) is 5.26 Å². The van der Waals surface area contributed by atoms with Gasteiger partial charge < -0.3 is 9.88 Å². The zero-order valence-corrected chi connectivity index (χ0v) is 17.0. The summed E-state index contributed by atoms with van der Waals surface area (Å²) in [6, 6.07) is 2.28. The quantitative estimate of drug-likeness (QED) is 0.388. The van der Waals surface area contributed by atoms with Crippen LogP contribution in [0.4, 0.5) is 13.2 Å². The normalized spacial score (nSPS) is 14.5. The van der Waals surface area contributed by atoms with Crippen LogP contribution in [0.15, 0.2) is 0 Å². The number of hydrogen-bond acceptors (Lipinski definition) is 3. The predicted molar refractivity (Wildman–Crippen MR) is 97.2 cm³/mol. The van der Waals surface area contributed by atoms with Gasteiger partial charge in [-0.3, -0.25) is 4.79 Å². The monoisotopic (exact) mass is 397 g/mol. The summed E-state index contributed by atoms with van der Waals surface area (Å²) in [6.07, 6.45) is -1.22. The Balaban J connectivity index is 4.41. The summed E-state index contributed by atoms with van der Waals surface area (Å²) in [6.45, 7) is 7.93. The topological polar surface area (TPSA) is 73.2 Å². The minimum atomic E-state index is -4.84. The molecular formula is C17H31F3N3O2P. The number of nitrogens with zero attached hydrogens (tertiary/aromatic N) is 2. The summed E-state index contributed by atoms with van der Waals surface area (Å²) in [5.41, 5.74) is 0. The Morgan fingerprint density at radius 2 is 1.62 bits per heavy atom. The number of unbranched alkanes of at least 4 members (excludes halogenated alkanes) is 3. The van der Waals surface area contributed by atoms with Gasteiger partial charge in [-0.05, 0) is 40.5 Å². The number of amides is 1. The zero-order chi connectivity index (χ0) is 20.4. The van der Waals surface area contributed by atoms with Crippen LogP contribution in [0.5, 0.6) is 0 Å². The van der Waals surface area contributed by atoms with Crippen molar-refractivity contribution in [1.82, 2.24) is 9.99 Å². The summed E-state index contributed by atoms with van der Waals surface area (Å²) in [5, 5.41) is 10.7. The Morgan fingerprint density at radius 3 is 2.08 bits per heavy atom. The summed E-state index contributed by atoms with van der Waals surface area (Å²) < 4.78 is 51.6. The number of carbonyl (C=O) groups is 1. The highest BCUT2D eigenvalue weighted by Crippen LogP contribution is 2.53. The number of nitriles is 1. The lowest BCUT2D eigenvalue weighted by molar-refractivity contribution is -0.173. The maximum absolute atomic E-state index is 13.4. The molecule has 0 bridgehead atoms. The molecule has 0 aromatic rings. The molecule has 26 heavy (non-hydrogen) atoms. The third-order valence-electron chi connectivity index (χ3n) is 4.03. The third-order valence-corrected chi connectivity index (χ3v) is 7.73. The van der Waals surface area contributed by atoms with Crippen LogP contribution in [0.25, 0.3) is 0 Å². The van der Waals surface area contributed by atoms with Crippen molar-refractivity contribution in [3.8, 4) is 6.07 Å². The fourth-order valence-electron chi connectivity index (χ4n) is 3.15. The molecule has 0 fully saturated rings. The Morgan fingerprint density at radius 1 is 1.08 bits per heavy atom. The lowest BCUT2D eigenvalue weighted by Crippen LogP contribution is -2.37. The Labute approximate surface area is 154 Å². The van der Waals surface area contributed by atoms with E-state index in [1.807, 2.05) is 37.7 Å². The first-order chi connectivity index (χ1) is 12.0. The van der Waals surface area contributed by atoms with Gasteiger partial charge in [0.1, 0.15) is 0 Å². The van der Waals surface area contributed by atoms with Crippen molar-refractivity contribution >= 4 is 13.2 Å². The molecule has 0 radical (unpaired) electrons. The number of rotatable bonds is 12. The number of halogens is 3. The number of carbonyl (C=O) groups excluding carboxylic acids is 1. The molecular weight excluding hydrogens is 366 g/mol. The van der Waals surface area contributed by atoms with Crippen molar-refractivity contribution in [3.05, 3.63) is 0 Å². The highest BCUT2D eigenvalue weighted by molar-refractivity contribution is 7.61. The first kappa shape index (κ1) is 24.9. The minimum absolute atomic E-state index is 0.0193. The molecule has 0 aromatic carbocycles. The molecule has 1 unspecified atom stereocenters. The van der Waals surface area contributed by atoms with Crippen LogP contribution < -0.4 is 5.32 Å². The van der Waals surface area contributed by atoms with Gasteiger partial charge in [0.2, 0.25) is 0 Å². The van der Waals surface area contributed by atoms with Crippen molar-refractivity contribution in [2.45, 2.75) is 78.1 Å². The SMILES string of the molecule is CC(C)N(C(C)C)P(=O)(CCC#N)CCCCCCNC(=O)C(F)(F)F. The van der Waals surface area contributed by atoms with E-state index in [4.69, 9.17) is 5.26 Å². The summed E-state index contributed by atoms with van der Waals surface area (Å²) >= 11 is 0. The summed E-state index contributed by atoms with van der Waals surface area (Å²) in [5.74, 6) is -1.91. The first-order valence-corrected chi connectivity index (χ1v) is 11.1. The van der Waals surface area contributed by atoms with Gasteiger partial charge in [-0.25, -0.2) is 4.67 Å². The molecule has 0 heterocycles. The Kier molecular flexibility index (Phi) is 11.1. The van der Waals surface area contributed by atoms with E-state index in [0.29, 0.717) is 31.6 Å². The van der Waals surface area contributed by atoms with E-state index in [2.05, 4.69) is 6.07 Å². The second-order valence-corrected chi connectivity index (χ2v) is 9.99. The summed E-state index contributed by atoms with van der Waals surface area (Å²) in [4.78, 5) is 10.7. The largest absolute Gasteiger partial charge is 0.471 e. The van der Waals surface area contributed by atoms with E-state index in [1.54, 1.807) is 0 Å². The molecule has 9 heteroatoms. The molecule has 1 amide bonds. The van der Waals surface area contributed by atoms with Gasteiger partial charge in [0, 0.05) is 37.4 Å². The van der Waals surface area contributed by atoms with E-state index in [-0.39, 0.29) is 25.0 Å². The maximum atomic E-state index is 13.4. The lowest BCUT2D eigenvalue weighted by atomic mass is 10.2. The van der Waals surface area contributed by atoms with E-state index >= 15 is 0 Å². The van der Waals surface area contributed by atoms with Crippen LogP contribution in [-0.4, -0.2) is 47.7 Å². The zero-order valence-electron chi connectivity index (χ0n) is 16.1. The Hall–Kier alpha value is -1.06. The molecule has 0 aliphatic rings. The lowest BCUT2D eigenvalue weighted by Gasteiger charge is -2.38. The second kappa shape index (κ2) is 11.6. The van der Waals surface area contributed by atoms with E-state index in [1.165, 1.54) is 0 Å². The molecule has 0 saturated carbocycles. The first-order valence-electron chi connectivity index (χ1n) is 9.04. The van der Waals surface area contributed by atoms with Gasteiger partial charge in [0.15, 0.2) is 7.29 Å². The second-order valence-electron chi connectivity index (χ2n) is 6.94. The number of alkyl halides is 3. The third kappa shape index (κ3) is 9.05. The van der Waals surface area contributed by atoms with Gasteiger partial charge in [0.25, 0.3) is 0 Å². The van der Waals surface area contributed by atoms with E-state index in [9.17, 15) is 22.5 Å². The van der Waals surface area contributed by atoms with Crippen LogP contribution >= 0.6 is 7.29 Å². The highest BCUT2D eigenvalue weighted by Gasteiger charge is 2.38. The standard InChI is InChI=1S/C17H31F3N3O2P/c1-14(2)23(15(3)4)26(25,13-9-10-21)12-8-6-5-7-11-22-16(24)17(18,19)20/h14-15H,5-9,11-13H2,1-4H3,(H,22,24). The van der Waals surface area contributed by atoms with Crippen molar-refractivity contribution in [3.63, 3.8) is 0 Å². The molecule has 0 aliphatic carbocycles. The average molecular weight is 397 g/mol. The predicted octanol–water partition coefficient (Wildman–Crippen LogP) is 4.54. The van der Waals surface area contributed by atoms with Gasteiger partial charge in [0.05, 0.1) is 6.07 Å². The molecule has 0 spiro atoms. The smallest absolute Gasteiger partial charge is 0.348 e. The van der Waals surface area contributed by atoms with E-state index < -0.39 is 19.4 Å². The highest BCUT2D eigenvalue weighted by atomic mass is 31.2. The Bertz CT molecular complexity index is 508.